The summed E-state index contributed by atoms with van der Waals surface area (Å²) >= 11 is 0. The topological polar surface area (TPSA) is 29.5 Å². The molecule has 2 aliphatic rings. The summed E-state index contributed by atoms with van der Waals surface area (Å²) in [6.45, 7) is 0.791. The molecule has 0 bridgehead atoms. The minimum Gasteiger partial charge on any atom is -0.393 e. The van der Waals surface area contributed by atoms with Crippen LogP contribution in [0, 0.1) is 17.8 Å². The first-order chi connectivity index (χ1) is 6.34. The Bertz CT molecular complexity index is 159. The first-order valence-electron chi connectivity index (χ1n) is 5.51. The molecule has 0 saturated heterocycles. The van der Waals surface area contributed by atoms with Gasteiger partial charge in [0.2, 0.25) is 0 Å². The van der Waals surface area contributed by atoms with Gasteiger partial charge in [-0.2, -0.15) is 0 Å². The first-order valence-corrected chi connectivity index (χ1v) is 5.51. The van der Waals surface area contributed by atoms with Gasteiger partial charge in [0.15, 0.2) is 0 Å². The molecule has 2 saturated carbocycles. The van der Waals surface area contributed by atoms with Gasteiger partial charge in [-0.25, -0.2) is 0 Å². The van der Waals surface area contributed by atoms with E-state index >= 15 is 0 Å². The molecule has 0 aliphatic heterocycles. The number of hydrogen-bond acceptors (Lipinski definition) is 2. The lowest BCUT2D eigenvalue weighted by Gasteiger charge is -2.11. The highest BCUT2D eigenvalue weighted by molar-refractivity contribution is 5.03. The Morgan fingerprint density at radius 3 is 2.69 bits per heavy atom. The maximum atomic E-state index is 9.87. The van der Waals surface area contributed by atoms with Crippen LogP contribution in [-0.4, -0.2) is 24.9 Å². The molecule has 0 amide bonds. The van der Waals surface area contributed by atoms with E-state index in [1.165, 1.54) is 19.3 Å². The van der Waals surface area contributed by atoms with Crippen LogP contribution in [0.3, 0.4) is 0 Å². The Labute approximate surface area is 80.3 Å². The van der Waals surface area contributed by atoms with Crippen LogP contribution in [0.1, 0.15) is 32.1 Å². The van der Waals surface area contributed by atoms with Crippen molar-refractivity contribution in [1.29, 1.82) is 0 Å². The molecule has 2 aliphatic carbocycles. The average molecular weight is 184 g/mol. The van der Waals surface area contributed by atoms with E-state index < -0.39 is 0 Å². The van der Waals surface area contributed by atoms with Gasteiger partial charge in [0.1, 0.15) is 0 Å². The first kappa shape index (κ1) is 9.47. The number of methoxy groups -OCH3 is 1. The van der Waals surface area contributed by atoms with E-state index in [1.807, 2.05) is 0 Å². The van der Waals surface area contributed by atoms with Crippen LogP contribution in [0.2, 0.25) is 0 Å². The lowest BCUT2D eigenvalue weighted by molar-refractivity contribution is 0.107. The van der Waals surface area contributed by atoms with Gasteiger partial charge in [-0.05, 0) is 43.4 Å². The fourth-order valence-electron chi connectivity index (χ4n) is 3.08. The fraction of sp³-hybridized carbons (Fsp3) is 1.00. The minimum absolute atomic E-state index is 0.0366. The molecule has 0 spiro atoms. The second-order valence-corrected chi connectivity index (χ2v) is 4.54. The Kier molecular flexibility index (Phi) is 2.89. The number of aliphatic hydroxyl groups is 1. The molecule has 13 heavy (non-hydrogen) atoms. The Balaban J connectivity index is 1.65. The van der Waals surface area contributed by atoms with Crippen molar-refractivity contribution in [3.63, 3.8) is 0 Å². The van der Waals surface area contributed by atoms with Crippen LogP contribution in [0.5, 0.6) is 0 Å². The second kappa shape index (κ2) is 3.97. The maximum absolute atomic E-state index is 9.87. The number of ether oxygens (including phenoxy) is 1. The Morgan fingerprint density at radius 2 is 2.08 bits per heavy atom. The van der Waals surface area contributed by atoms with Gasteiger partial charge in [-0.15, -0.1) is 0 Å². The van der Waals surface area contributed by atoms with Gasteiger partial charge in [-0.1, -0.05) is 6.42 Å². The highest BCUT2D eigenvalue weighted by Gasteiger charge is 2.55. The van der Waals surface area contributed by atoms with Crippen LogP contribution in [0.25, 0.3) is 0 Å². The van der Waals surface area contributed by atoms with E-state index in [1.54, 1.807) is 7.11 Å². The summed E-state index contributed by atoms with van der Waals surface area (Å²) in [4.78, 5) is 0. The molecule has 76 valence electrons. The summed E-state index contributed by atoms with van der Waals surface area (Å²) < 4.78 is 4.98. The van der Waals surface area contributed by atoms with E-state index in [2.05, 4.69) is 0 Å². The number of aliphatic hydroxyl groups excluding tert-OH is 1. The average Bonchev–Trinajstić information content (AvgIpc) is 2.61. The Morgan fingerprint density at radius 1 is 1.38 bits per heavy atom. The van der Waals surface area contributed by atoms with Gasteiger partial charge < -0.3 is 9.84 Å². The van der Waals surface area contributed by atoms with Crippen molar-refractivity contribution >= 4 is 0 Å². The largest absolute Gasteiger partial charge is 0.393 e. The highest BCUT2D eigenvalue weighted by Crippen LogP contribution is 2.59. The van der Waals surface area contributed by atoms with Crippen molar-refractivity contribution < 1.29 is 9.84 Å². The number of fused-ring (bicyclic) bond motifs is 1. The Hall–Kier alpha value is -0.0800. The zero-order valence-corrected chi connectivity index (χ0v) is 8.41. The lowest BCUT2D eigenvalue weighted by Crippen LogP contribution is -2.13. The standard InChI is InChI=1S/C11H20O2/c1-13-7-3-6-10(12)11-8-4-2-5-9(8)11/h8-12H,2-7H2,1H3. The van der Waals surface area contributed by atoms with Crippen LogP contribution >= 0.6 is 0 Å². The molecule has 0 aromatic rings. The molecule has 1 N–H and O–H groups in total. The van der Waals surface area contributed by atoms with Crippen molar-refractivity contribution in [2.24, 2.45) is 17.8 Å². The van der Waals surface area contributed by atoms with Crippen molar-refractivity contribution in [2.45, 2.75) is 38.2 Å². The SMILES string of the molecule is COCCCC(O)C1C2CCCC21. The third-order valence-corrected chi connectivity index (χ3v) is 3.77. The third kappa shape index (κ3) is 1.89. The predicted molar refractivity (Wildman–Crippen MR) is 51.4 cm³/mol. The summed E-state index contributed by atoms with van der Waals surface area (Å²) in [7, 11) is 1.72. The minimum atomic E-state index is -0.0366. The summed E-state index contributed by atoms with van der Waals surface area (Å²) in [5.41, 5.74) is 0. The van der Waals surface area contributed by atoms with Crippen LogP contribution in [0.4, 0.5) is 0 Å². The zero-order valence-electron chi connectivity index (χ0n) is 8.41. The fourth-order valence-corrected chi connectivity index (χ4v) is 3.08. The van der Waals surface area contributed by atoms with Gasteiger partial charge in [0.25, 0.3) is 0 Å². The molecule has 3 unspecified atom stereocenters. The molecule has 0 radical (unpaired) electrons. The van der Waals surface area contributed by atoms with Gasteiger partial charge in [0, 0.05) is 13.7 Å². The van der Waals surface area contributed by atoms with Crippen LogP contribution in [-0.2, 0) is 4.74 Å². The van der Waals surface area contributed by atoms with Gasteiger partial charge >= 0.3 is 0 Å². The molecule has 2 nitrogen and oxygen atoms in total. The molecular weight excluding hydrogens is 164 g/mol. The quantitative estimate of drug-likeness (QED) is 0.660. The molecule has 2 fully saturated rings. The summed E-state index contributed by atoms with van der Waals surface area (Å²) in [5.74, 6) is 2.43. The summed E-state index contributed by atoms with van der Waals surface area (Å²) in [6, 6.07) is 0. The summed E-state index contributed by atoms with van der Waals surface area (Å²) in [5, 5.41) is 9.87. The molecule has 3 atom stereocenters. The van der Waals surface area contributed by atoms with Crippen LogP contribution < -0.4 is 0 Å². The van der Waals surface area contributed by atoms with E-state index in [0.717, 1.165) is 31.3 Å². The molecule has 0 aromatic heterocycles. The van der Waals surface area contributed by atoms with Crippen molar-refractivity contribution in [3.05, 3.63) is 0 Å². The highest BCUT2D eigenvalue weighted by atomic mass is 16.5. The normalized spacial score (nSPS) is 38.8. The van der Waals surface area contributed by atoms with E-state index in [4.69, 9.17) is 4.74 Å². The van der Waals surface area contributed by atoms with E-state index in [9.17, 15) is 5.11 Å². The molecule has 0 heterocycles. The summed E-state index contributed by atoms with van der Waals surface area (Å²) in [6.07, 6.45) is 6.05. The molecule has 2 heteroatoms. The third-order valence-electron chi connectivity index (χ3n) is 3.77. The van der Waals surface area contributed by atoms with E-state index in [-0.39, 0.29) is 6.10 Å². The number of rotatable bonds is 5. The monoisotopic (exact) mass is 184 g/mol. The van der Waals surface area contributed by atoms with E-state index in [0.29, 0.717) is 5.92 Å². The van der Waals surface area contributed by atoms with Gasteiger partial charge in [-0.3, -0.25) is 0 Å². The zero-order chi connectivity index (χ0) is 9.26. The molecular formula is C11H20O2. The molecule has 0 aromatic carbocycles. The molecule has 2 rings (SSSR count). The maximum Gasteiger partial charge on any atom is 0.0574 e. The van der Waals surface area contributed by atoms with Crippen molar-refractivity contribution in [2.75, 3.05) is 13.7 Å². The van der Waals surface area contributed by atoms with Crippen LogP contribution in [0.15, 0.2) is 0 Å². The van der Waals surface area contributed by atoms with Crippen molar-refractivity contribution in [3.8, 4) is 0 Å². The predicted octanol–water partition coefficient (Wildman–Crippen LogP) is 1.82. The lowest BCUT2D eigenvalue weighted by atomic mass is 10.0. The second-order valence-electron chi connectivity index (χ2n) is 4.54. The van der Waals surface area contributed by atoms with Crippen molar-refractivity contribution in [1.82, 2.24) is 0 Å². The van der Waals surface area contributed by atoms with Gasteiger partial charge in [0.05, 0.1) is 6.10 Å². The smallest absolute Gasteiger partial charge is 0.0574 e. The number of hydrogen-bond donors (Lipinski definition) is 1.